The molecule has 0 spiro atoms. The first kappa shape index (κ1) is 17.6. The van der Waals surface area contributed by atoms with Crippen molar-refractivity contribution < 1.29 is 13.6 Å². The number of pyridine rings is 1. The smallest absolute Gasteiger partial charge is 0.153 e. The number of imidazole rings is 1. The molecule has 5 nitrogen and oxygen atoms in total. The fraction of sp³-hybridized carbons (Fsp3) is 0.300. The highest BCUT2D eigenvalue weighted by atomic mass is 19.1. The van der Waals surface area contributed by atoms with Crippen LogP contribution in [0.25, 0.3) is 5.65 Å². The molecule has 0 amide bonds. The Kier molecular flexibility index (Phi) is 4.85. The van der Waals surface area contributed by atoms with Gasteiger partial charge in [-0.1, -0.05) is 12.1 Å². The Labute approximate surface area is 155 Å². The summed E-state index contributed by atoms with van der Waals surface area (Å²) < 4.78 is 29.4. The second-order valence-corrected chi connectivity index (χ2v) is 6.70. The van der Waals surface area contributed by atoms with Crippen LogP contribution in [-0.2, 0) is 0 Å². The molecular formula is C20H20F2N4O. The van der Waals surface area contributed by atoms with Gasteiger partial charge >= 0.3 is 0 Å². The van der Waals surface area contributed by atoms with Crippen molar-refractivity contribution in [3.8, 4) is 0 Å². The van der Waals surface area contributed by atoms with E-state index in [1.807, 2.05) is 16.7 Å². The number of carbonyl (C=O) groups excluding carboxylic acids is 1. The number of carbonyl (C=O) groups is 1. The maximum Gasteiger partial charge on any atom is 0.153 e. The zero-order valence-corrected chi connectivity index (χ0v) is 14.8. The third kappa shape index (κ3) is 3.55. The van der Waals surface area contributed by atoms with Crippen molar-refractivity contribution in [1.29, 1.82) is 0 Å². The standard InChI is InChI=1S/C20H20F2N4O/c21-17-5-3-15(4-6-17)18(22)13-24-8-10-25(11-9-24)19-12-23-20-16(14-27)2-1-7-26(19)20/h1-7,12,14,18H,8-11,13H2. The molecule has 1 unspecified atom stereocenters. The van der Waals surface area contributed by atoms with E-state index in [2.05, 4.69) is 14.8 Å². The molecule has 3 heterocycles. The van der Waals surface area contributed by atoms with Crippen LogP contribution in [-0.4, -0.2) is 53.3 Å². The highest BCUT2D eigenvalue weighted by molar-refractivity contribution is 5.84. The Hall–Kier alpha value is -2.80. The summed E-state index contributed by atoms with van der Waals surface area (Å²) in [6.07, 6.45) is 3.33. The number of piperazine rings is 1. The van der Waals surface area contributed by atoms with Crippen LogP contribution in [0.15, 0.2) is 48.8 Å². The van der Waals surface area contributed by atoms with Gasteiger partial charge in [0, 0.05) is 38.9 Å². The number of rotatable bonds is 5. The molecular weight excluding hydrogens is 350 g/mol. The summed E-state index contributed by atoms with van der Waals surface area (Å²) >= 11 is 0. The van der Waals surface area contributed by atoms with Gasteiger partial charge in [-0.2, -0.15) is 0 Å². The molecule has 1 aliphatic heterocycles. The maximum absolute atomic E-state index is 14.5. The molecule has 1 saturated heterocycles. The molecule has 7 heteroatoms. The van der Waals surface area contributed by atoms with Gasteiger partial charge in [0.15, 0.2) is 6.29 Å². The largest absolute Gasteiger partial charge is 0.354 e. The lowest BCUT2D eigenvalue weighted by atomic mass is 10.1. The maximum atomic E-state index is 14.5. The van der Waals surface area contributed by atoms with Crippen LogP contribution in [0.1, 0.15) is 22.1 Å². The molecule has 2 aromatic heterocycles. The molecule has 27 heavy (non-hydrogen) atoms. The third-order valence-electron chi connectivity index (χ3n) is 5.02. The predicted molar refractivity (Wildman–Crippen MR) is 99.5 cm³/mol. The molecule has 0 saturated carbocycles. The zero-order valence-electron chi connectivity index (χ0n) is 14.8. The first-order valence-electron chi connectivity index (χ1n) is 8.94. The minimum absolute atomic E-state index is 0.294. The summed E-state index contributed by atoms with van der Waals surface area (Å²) in [5.74, 6) is 0.578. The van der Waals surface area contributed by atoms with Crippen molar-refractivity contribution in [3.05, 3.63) is 65.7 Å². The number of aromatic nitrogens is 2. The zero-order chi connectivity index (χ0) is 18.8. The quantitative estimate of drug-likeness (QED) is 0.647. The Morgan fingerprint density at radius 1 is 1.11 bits per heavy atom. The highest BCUT2D eigenvalue weighted by Gasteiger charge is 2.23. The molecule has 0 radical (unpaired) electrons. The molecule has 0 aliphatic carbocycles. The van der Waals surface area contributed by atoms with Crippen LogP contribution in [0.5, 0.6) is 0 Å². The number of hydrogen-bond acceptors (Lipinski definition) is 4. The topological polar surface area (TPSA) is 40.9 Å². The first-order chi connectivity index (χ1) is 13.2. The fourth-order valence-electron chi connectivity index (χ4n) is 3.51. The molecule has 1 atom stereocenters. The van der Waals surface area contributed by atoms with Gasteiger partial charge in [0.2, 0.25) is 0 Å². The number of anilines is 1. The number of benzene rings is 1. The summed E-state index contributed by atoms with van der Waals surface area (Å²) in [5.41, 5.74) is 1.70. The van der Waals surface area contributed by atoms with E-state index >= 15 is 0 Å². The lowest BCUT2D eigenvalue weighted by Gasteiger charge is -2.36. The SMILES string of the molecule is O=Cc1cccn2c(N3CCN(CC(F)c4ccc(F)cc4)CC3)cnc12. The molecule has 1 aliphatic rings. The van der Waals surface area contributed by atoms with Crippen molar-refractivity contribution >= 4 is 17.8 Å². The third-order valence-corrected chi connectivity index (χ3v) is 5.02. The summed E-state index contributed by atoms with van der Waals surface area (Å²) in [7, 11) is 0. The average molecular weight is 370 g/mol. The van der Waals surface area contributed by atoms with Gasteiger partial charge in [-0.05, 0) is 29.8 Å². The van der Waals surface area contributed by atoms with Gasteiger partial charge in [0.25, 0.3) is 0 Å². The van der Waals surface area contributed by atoms with Crippen LogP contribution in [0.3, 0.4) is 0 Å². The average Bonchev–Trinajstić information content (AvgIpc) is 3.13. The van der Waals surface area contributed by atoms with Gasteiger partial charge in [-0.15, -0.1) is 0 Å². The highest BCUT2D eigenvalue weighted by Crippen LogP contribution is 2.23. The van der Waals surface area contributed by atoms with E-state index < -0.39 is 6.17 Å². The summed E-state index contributed by atoms with van der Waals surface area (Å²) in [5, 5.41) is 0. The summed E-state index contributed by atoms with van der Waals surface area (Å²) in [4.78, 5) is 19.8. The molecule has 1 aromatic carbocycles. The van der Waals surface area contributed by atoms with E-state index in [1.54, 1.807) is 12.3 Å². The van der Waals surface area contributed by atoms with Crippen molar-refractivity contribution in [2.24, 2.45) is 0 Å². The van der Waals surface area contributed by atoms with E-state index in [4.69, 9.17) is 0 Å². The van der Waals surface area contributed by atoms with Crippen molar-refractivity contribution in [2.75, 3.05) is 37.6 Å². The molecule has 0 N–H and O–H groups in total. The van der Waals surface area contributed by atoms with E-state index in [1.165, 1.54) is 24.3 Å². The number of halogens is 2. The van der Waals surface area contributed by atoms with Crippen LogP contribution < -0.4 is 4.90 Å². The van der Waals surface area contributed by atoms with Gasteiger partial charge in [0.05, 0.1) is 11.8 Å². The molecule has 3 aromatic rings. The second-order valence-electron chi connectivity index (χ2n) is 6.70. The molecule has 4 rings (SSSR count). The van der Waals surface area contributed by atoms with E-state index in [-0.39, 0.29) is 5.82 Å². The Morgan fingerprint density at radius 3 is 2.56 bits per heavy atom. The number of aldehydes is 1. The van der Waals surface area contributed by atoms with Crippen molar-refractivity contribution in [1.82, 2.24) is 14.3 Å². The number of hydrogen-bond donors (Lipinski definition) is 0. The molecule has 1 fully saturated rings. The summed E-state index contributed by atoms with van der Waals surface area (Å²) in [6, 6.07) is 9.15. The summed E-state index contributed by atoms with van der Waals surface area (Å²) in [6.45, 7) is 3.23. The van der Waals surface area contributed by atoms with E-state index in [0.717, 1.165) is 38.3 Å². The van der Waals surface area contributed by atoms with Crippen LogP contribution in [0, 0.1) is 5.82 Å². The first-order valence-corrected chi connectivity index (χ1v) is 8.94. The van der Waals surface area contributed by atoms with Crippen LogP contribution in [0.2, 0.25) is 0 Å². The van der Waals surface area contributed by atoms with Gasteiger partial charge < -0.3 is 4.90 Å². The van der Waals surface area contributed by atoms with Crippen molar-refractivity contribution in [3.63, 3.8) is 0 Å². The minimum Gasteiger partial charge on any atom is -0.354 e. The monoisotopic (exact) mass is 370 g/mol. The van der Waals surface area contributed by atoms with E-state index in [9.17, 15) is 13.6 Å². The lowest BCUT2D eigenvalue weighted by Crippen LogP contribution is -2.47. The van der Waals surface area contributed by atoms with E-state index in [0.29, 0.717) is 23.3 Å². The Bertz CT molecular complexity index is 933. The Balaban J connectivity index is 1.40. The fourth-order valence-corrected chi connectivity index (χ4v) is 3.51. The normalized spacial score (nSPS) is 16.6. The van der Waals surface area contributed by atoms with Crippen LogP contribution in [0.4, 0.5) is 14.6 Å². The Morgan fingerprint density at radius 2 is 1.85 bits per heavy atom. The molecule has 0 bridgehead atoms. The van der Waals surface area contributed by atoms with Crippen molar-refractivity contribution in [2.45, 2.75) is 6.17 Å². The van der Waals surface area contributed by atoms with Crippen LogP contribution >= 0.6 is 0 Å². The second kappa shape index (κ2) is 7.44. The number of fused-ring (bicyclic) bond motifs is 1. The minimum atomic E-state index is -1.14. The lowest BCUT2D eigenvalue weighted by molar-refractivity contribution is 0.112. The number of alkyl halides is 1. The van der Waals surface area contributed by atoms with Gasteiger partial charge in [-0.3, -0.25) is 14.1 Å². The molecule has 140 valence electrons. The van der Waals surface area contributed by atoms with Gasteiger partial charge in [0.1, 0.15) is 23.5 Å². The predicted octanol–water partition coefficient (Wildman–Crippen LogP) is 3.12. The van der Waals surface area contributed by atoms with Gasteiger partial charge in [-0.25, -0.2) is 13.8 Å². The number of nitrogens with zero attached hydrogens (tertiary/aromatic N) is 4.